The standard InChI is InChI=1S/C14H17BrN2S/c15-14-6-5-13(18-14)10-17-9-12-4-2-1-3-11(12)7-8-16/h1-6,17H,7-10,16H2. The molecule has 18 heavy (non-hydrogen) atoms. The number of nitrogens with one attached hydrogen (secondary N) is 1. The predicted molar refractivity (Wildman–Crippen MR) is 81.8 cm³/mol. The van der Waals surface area contributed by atoms with Crippen LogP contribution in [-0.2, 0) is 19.5 Å². The highest BCUT2D eigenvalue weighted by molar-refractivity contribution is 9.11. The summed E-state index contributed by atoms with van der Waals surface area (Å²) in [5.74, 6) is 0. The van der Waals surface area contributed by atoms with Gasteiger partial charge in [-0.15, -0.1) is 11.3 Å². The summed E-state index contributed by atoms with van der Waals surface area (Å²) in [6.07, 6.45) is 0.947. The van der Waals surface area contributed by atoms with Crippen LogP contribution in [0.5, 0.6) is 0 Å². The van der Waals surface area contributed by atoms with E-state index in [2.05, 4.69) is 57.6 Å². The maximum atomic E-state index is 5.63. The van der Waals surface area contributed by atoms with Crippen LogP contribution >= 0.6 is 27.3 Å². The molecule has 0 atom stereocenters. The Bertz CT molecular complexity index is 496. The highest BCUT2D eigenvalue weighted by atomic mass is 79.9. The largest absolute Gasteiger partial charge is 0.330 e. The van der Waals surface area contributed by atoms with Crippen LogP contribution in [0.3, 0.4) is 0 Å². The van der Waals surface area contributed by atoms with Crippen LogP contribution in [0.25, 0.3) is 0 Å². The molecule has 0 saturated heterocycles. The highest BCUT2D eigenvalue weighted by Gasteiger charge is 2.01. The number of hydrogen-bond acceptors (Lipinski definition) is 3. The van der Waals surface area contributed by atoms with Gasteiger partial charge < -0.3 is 11.1 Å². The molecule has 0 bridgehead atoms. The van der Waals surface area contributed by atoms with Crippen molar-refractivity contribution in [2.24, 2.45) is 5.73 Å². The van der Waals surface area contributed by atoms with Crippen molar-refractivity contribution in [1.29, 1.82) is 0 Å². The summed E-state index contributed by atoms with van der Waals surface area (Å²) in [6.45, 7) is 2.51. The molecular formula is C14H17BrN2S. The lowest BCUT2D eigenvalue weighted by molar-refractivity contribution is 0.694. The maximum absolute atomic E-state index is 5.63. The Labute approximate surface area is 120 Å². The SMILES string of the molecule is NCCc1ccccc1CNCc1ccc(Br)s1. The van der Waals surface area contributed by atoms with Crippen molar-refractivity contribution in [3.63, 3.8) is 0 Å². The molecule has 0 radical (unpaired) electrons. The summed E-state index contributed by atoms with van der Waals surface area (Å²) >= 11 is 5.25. The molecule has 2 rings (SSSR count). The van der Waals surface area contributed by atoms with Crippen molar-refractivity contribution in [3.8, 4) is 0 Å². The fraction of sp³-hybridized carbons (Fsp3) is 0.286. The molecule has 0 aliphatic rings. The van der Waals surface area contributed by atoms with Crippen molar-refractivity contribution in [1.82, 2.24) is 5.32 Å². The maximum Gasteiger partial charge on any atom is 0.0701 e. The van der Waals surface area contributed by atoms with Gasteiger partial charge in [-0.3, -0.25) is 0 Å². The minimum absolute atomic E-state index is 0.703. The normalized spacial score (nSPS) is 10.8. The summed E-state index contributed by atoms with van der Waals surface area (Å²) in [5, 5.41) is 3.48. The van der Waals surface area contributed by atoms with Gasteiger partial charge in [0.05, 0.1) is 3.79 Å². The van der Waals surface area contributed by atoms with Crippen LogP contribution in [0.1, 0.15) is 16.0 Å². The van der Waals surface area contributed by atoms with Crippen LogP contribution in [0.2, 0.25) is 0 Å². The minimum atomic E-state index is 0.703. The van der Waals surface area contributed by atoms with Gasteiger partial charge in [0.1, 0.15) is 0 Å². The molecule has 1 heterocycles. The smallest absolute Gasteiger partial charge is 0.0701 e. The quantitative estimate of drug-likeness (QED) is 0.855. The number of rotatable bonds is 6. The van der Waals surface area contributed by atoms with Crippen molar-refractivity contribution < 1.29 is 0 Å². The van der Waals surface area contributed by atoms with Gasteiger partial charge >= 0.3 is 0 Å². The topological polar surface area (TPSA) is 38.0 Å². The number of thiophene rings is 1. The zero-order valence-electron chi connectivity index (χ0n) is 10.2. The molecule has 0 aliphatic heterocycles. The molecule has 0 amide bonds. The Hall–Kier alpha value is -0.680. The van der Waals surface area contributed by atoms with Gasteiger partial charge in [-0.2, -0.15) is 0 Å². The number of benzene rings is 1. The van der Waals surface area contributed by atoms with E-state index < -0.39 is 0 Å². The van der Waals surface area contributed by atoms with E-state index in [1.807, 2.05) is 0 Å². The lowest BCUT2D eigenvalue weighted by Gasteiger charge is -2.09. The van der Waals surface area contributed by atoms with E-state index in [1.54, 1.807) is 11.3 Å². The molecule has 3 N–H and O–H groups in total. The van der Waals surface area contributed by atoms with Crippen molar-refractivity contribution in [3.05, 3.63) is 56.2 Å². The Morgan fingerprint density at radius 2 is 1.83 bits per heavy atom. The van der Waals surface area contributed by atoms with Crippen molar-refractivity contribution >= 4 is 27.3 Å². The van der Waals surface area contributed by atoms with Crippen molar-refractivity contribution in [2.45, 2.75) is 19.5 Å². The number of nitrogens with two attached hydrogens (primary N) is 1. The molecule has 4 heteroatoms. The highest BCUT2D eigenvalue weighted by Crippen LogP contribution is 2.21. The van der Waals surface area contributed by atoms with E-state index in [4.69, 9.17) is 5.73 Å². The molecule has 96 valence electrons. The summed E-state index contributed by atoms with van der Waals surface area (Å²) in [6, 6.07) is 12.7. The second-order valence-corrected chi connectivity index (χ2v) is 6.66. The van der Waals surface area contributed by atoms with E-state index in [0.29, 0.717) is 6.54 Å². The molecular weight excluding hydrogens is 308 g/mol. The van der Waals surface area contributed by atoms with E-state index in [9.17, 15) is 0 Å². The lowest BCUT2D eigenvalue weighted by atomic mass is 10.0. The van der Waals surface area contributed by atoms with Crippen LogP contribution in [0.4, 0.5) is 0 Å². The zero-order valence-corrected chi connectivity index (χ0v) is 12.6. The van der Waals surface area contributed by atoms with Gasteiger partial charge in [0.2, 0.25) is 0 Å². The number of hydrogen-bond donors (Lipinski definition) is 2. The number of halogens is 1. The first kappa shape index (κ1) is 13.7. The Morgan fingerprint density at radius 1 is 1.06 bits per heavy atom. The summed E-state index contributed by atoms with van der Waals surface area (Å²) < 4.78 is 1.18. The fourth-order valence-corrected chi connectivity index (χ4v) is 3.35. The first-order valence-electron chi connectivity index (χ1n) is 6.01. The second kappa shape index (κ2) is 7.04. The molecule has 0 spiro atoms. The van der Waals surface area contributed by atoms with Gasteiger partial charge in [-0.25, -0.2) is 0 Å². The molecule has 2 nitrogen and oxygen atoms in total. The lowest BCUT2D eigenvalue weighted by Crippen LogP contribution is -2.14. The average Bonchev–Trinajstić information content (AvgIpc) is 2.78. The van der Waals surface area contributed by atoms with E-state index in [1.165, 1.54) is 19.8 Å². The molecule has 1 aromatic heterocycles. The Kier molecular flexibility index (Phi) is 5.38. The Balaban J connectivity index is 1.89. The van der Waals surface area contributed by atoms with Crippen LogP contribution < -0.4 is 11.1 Å². The third-order valence-corrected chi connectivity index (χ3v) is 4.40. The minimum Gasteiger partial charge on any atom is -0.330 e. The van der Waals surface area contributed by atoms with Gasteiger partial charge in [-0.05, 0) is 52.2 Å². The fourth-order valence-electron chi connectivity index (χ4n) is 1.90. The van der Waals surface area contributed by atoms with E-state index in [-0.39, 0.29) is 0 Å². The average molecular weight is 325 g/mol. The van der Waals surface area contributed by atoms with Crippen LogP contribution in [0, 0.1) is 0 Å². The molecule has 0 unspecified atom stereocenters. The molecule has 0 fully saturated rings. The Morgan fingerprint density at radius 3 is 2.50 bits per heavy atom. The first-order valence-corrected chi connectivity index (χ1v) is 7.62. The summed E-state index contributed by atoms with van der Waals surface area (Å²) in [7, 11) is 0. The van der Waals surface area contributed by atoms with Gasteiger partial charge in [0.15, 0.2) is 0 Å². The van der Waals surface area contributed by atoms with Crippen LogP contribution in [-0.4, -0.2) is 6.54 Å². The first-order chi connectivity index (χ1) is 8.79. The third kappa shape index (κ3) is 3.92. The zero-order chi connectivity index (χ0) is 12.8. The van der Waals surface area contributed by atoms with Crippen LogP contribution in [0.15, 0.2) is 40.2 Å². The second-order valence-electron chi connectivity index (χ2n) is 4.12. The van der Waals surface area contributed by atoms with E-state index >= 15 is 0 Å². The summed E-state index contributed by atoms with van der Waals surface area (Å²) in [4.78, 5) is 1.35. The predicted octanol–water partition coefficient (Wildman–Crippen LogP) is 3.30. The monoisotopic (exact) mass is 324 g/mol. The summed E-state index contributed by atoms with van der Waals surface area (Å²) in [5.41, 5.74) is 8.32. The van der Waals surface area contributed by atoms with Gasteiger partial charge in [-0.1, -0.05) is 24.3 Å². The molecule has 2 aromatic rings. The third-order valence-electron chi connectivity index (χ3n) is 2.78. The molecule has 0 aliphatic carbocycles. The van der Waals surface area contributed by atoms with Gasteiger partial charge in [0.25, 0.3) is 0 Å². The van der Waals surface area contributed by atoms with Gasteiger partial charge in [0, 0.05) is 18.0 Å². The van der Waals surface area contributed by atoms with Crippen molar-refractivity contribution in [2.75, 3.05) is 6.54 Å². The molecule has 0 saturated carbocycles. The van der Waals surface area contributed by atoms with E-state index in [0.717, 1.165) is 19.5 Å². The molecule has 1 aromatic carbocycles.